The predicted molar refractivity (Wildman–Crippen MR) is 121 cm³/mol. The molecule has 2 amide bonds. The first-order valence-electron chi connectivity index (χ1n) is 9.99. The number of ether oxygens (including phenoxy) is 1. The van der Waals surface area contributed by atoms with Gasteiger partial charge in [0.1, 0.15) is 11.6 Å². The van der Waals surface area contributed by atoms with E-state index in [1.165, 1.54) is 37.2 Å². The maximum atomic E-state index is 14.6. The number of halogens is 4. The predicted octanol–water partition coefficient (Wildman–Crippen LogP) is 3.78. The van der Waals surface area contributed by atoms with Crippen LogP contribution < -0.4 is 15.4 Å². The zero-order chi connectivity index (χ0) is 25.5. The van der Waals surface area contributed by atoms with E-state index in [1.54, 1.807) is 11.6 Å². The number of fused-ring (bicyclic) bond motifs is 2. The molecule has 0 fully saturated rings. The number of alkyl halides is 3. The van der Waals surface area contributed by atoms with Gasteiger partial charge >= 0.3 is 6.36 Å². The number of hydrogen-bond acceptors (Lipinski definition) is 7. The van der Waals surface area contributed by atoms with Crippen molar-refractivity contribution in [1.29, 1.82) is 0 Å². The highest BCUT2D eigenvalue weighted by Gasteiger charge is 2.31. The summed E-state index contributed by atoms with van der Waals surface area (Å²) in [4.78, 5) is 34.0. The number of carbonyl (C=O) groups excluding carboxylic acids is 2. The van der Waals surface area contributed by atoms with Crippen molar-refractivity contribution in [2.45, 2.75) is 6.36 Å². The molecule has 0 unspecified atom stereocenters. The van der Waals surface area contributed by atoms with Gasteiger partial charge in [-0.05, 0) is 18.2 Å². The minimum Gasteiger partial charge on any atom is -0.406 e. The van der Waals surface area contributed by atoms with Gasteiger partial charge in [-0.25, -0.2) is 14.4 Å². The maximum Gasteiger partial charge on any atom is 0.573 e. The van der Waals surface area contributed by atoms with Gasteiger partial charge < -0.3 is 24.8 Å². The first kappa shape index (κ1) is 24.2. The van der Waals surface area contributed by atoms with Crippen molar-refractivity contribution in [3.05, 3.63) is 41.7 Å². The number of carbonyl (C=O) groups is 2. The summed E-state index contributed by atoms with van der Waals surface area (Å²) in [6.07, 6.45) is -4.81. The second kappa shape index (κ2) is 9.02. The van der Waals surface area contributed by atoms with E-state index in [0.29, 0.717) is 26.4 Å². The zero-order valence-electron chi connectivity index (χ0n) is 18.5. The molecular weight excluding hydrogens is 492 g/mol. The van der Waals surface area contributed by atoms with E-state index in [9.17, 15) is 27.2 Å². The molecule has 9 nitrogen and oxygen atoms in total. The fraction of sp³-hybridized carbons (Fsp3) is 0.238. The molecule has 0 saturated carbocycles. The molecule has 35 heavy (non-hydrogen) atoms. The molecule has 2 heterocycles. The number of aryl methyl sites for hydroxylation is 1. The molecule has 0 aliphatic heterocycles. The number of anilines is 2. The molecule has 0 bridgehead atoms. The van der Waals surface area contributed by atoms with Crippen LogP contribution in [-0.2, 0) is 11.8 Å². The zero-order valence-corrected chi connectivity index (χ0v) is 19.3. The van der Waals surface area contributed by atoms with Crippen LogP contribution in [0.5, 0.6) is 5.75 Å². The lowest BCUT2D eigenvalue weighted by molar-refractivity contribution is -0.274. The Kier molecular flexibility index (Phi) is 6.23. The molecule has 0 spiro atoms. The van der Waals surface area contributed by atoms with E-state index >= 15 is 0 Å². The molecule has 4 rings (SSSR count). The third kappa shape index (κ3) is 5.26. The van der Waals surface area contributed by atoms with Crippen molar-refractivity contribution >= 4 is 55.5 Å². The van der Waals surface area contributed by atoms with Crippen LogP contribution in [0.2, 0.25) is 0 Å². The van der Waals surface area contributed by atoms with Crippen molar-refractivity contribution in [2.24, 2.45) is 7.05 Å². The van der Waals surface area contributed by atoms with Gasteiger partial charge in [0.05, 0.1) is 33.4 Å². The van der Waals surface area contributed by atoms with Gasteiger partial charge in [-0.1, -0.05) is 11.3 Å². The van der Waals surface area contributed by atoms with Crippen LogP contribution in [-0.4, -0.2) is 58.3 Å². The van der Waals surface area contributed by atoms with Crippen molar-refractivity contribution in [2.75, 3.05) is 26.0 Å². The van der Waals surface area contributed by atoms with E-state index < -0.39 is 18.1 Å². The van der Waals surface area contributed by atoms with E-state index in [4.69, 9.17) is 0 Å². The first-order chi connectivity index (χ1) is 16.4. The lowest BCUT2D eigenvalue weighted by Gasteiger charge is -2.11. The van der Waals surface area contributed by atoms with Crippen LogP contribution in [0.1, 0.15) is 10.4 Å². The Hall–Kier alpha value is -3.94. The number of amides is 2. The number of nitrogens with zero attached hydrogens (tertiary/aromatic N) is 4. The second-order valence-corrected chi connectivity index (χ2v) is 8.64. The van der Waals surface area contributed by atoms with Crippen LogP contribution in [0, 0.1) is 5.82 Å². The molecule has 0 aliphatic carbocycles. The quantitative estimate of drug-likeness (QED) is 0.383. The van der Waals surface area contributed by atoms with Gasteiger partial charge in [0.15, 0.2) is 5.13 Å². The van der Waals surface area contributed by atoms with E-state index in [2.05, 4.69) is 25.3 Å². The number of benzene rings is 2. The highest BCUT2D eigenvalue weighted by molar-refractivity contribution is 7.22. The fourth-order valence-electron chi connectivity index (χ4n) is 3.16. The van der Waals surface area contributed by atoms with Gasteiger partial charge in [0.25, 0.3) is 5.91 Å². The molecule has 2 aromatic carbocycles. The summed E-state index contributed by atoms with van der Waals surface area (Å²) < 4.78 is 58.0. The van der Waals surface area contributed by atoms with Crippen molar-refractivity contribution in [3.8, 4) is 5.75 Å². The fourth-order valence-corrected chi connectivity index (χ4v) is 4.05. The Morgan fingerprint density at radius 3 is 2.57 bits per heavy atom. The Labute approximate surface area is 199 Å². The number of likely N-dealkylation sites (N-methyl/N-ethyl adjacent to an activating group) is 1. The standard InChI is InChI=1S/C21H18F4N6O3S/c1-30(2)17(32)9-26-18(33)11-7-14-15(8-12(11)22)31(3)19(27-14)29-20-28-13-5-4-10(6-16(13)35-20)34-21(23,24)25/h4-8H,9H2,1-3H3,(H,26,33)(H,27,28,29). The van der Waals surface area contributed by atoms with Gasteiger partial charge in [0, 0.05) is 33.3 Å². The molecule has 0 radical (unpaired) electrons. The molecule has 0 atom stereocenters. The Morgan fingerprint density at radius 2 is 1.89 bits per heavy atom. The van der Waals surface area contributed by atoms with Gasteiger partial charge in [-0.15, -0.1) is 13.2 Å². The van der Waals surface area contributed by atoms with E-state index in [-0.39, 0.29) is 29.7 Å². The van der Waals surface area contributed by atoms with Crippen LogP contribution in [0.3, 0.4) is 0 Å². The second-order valence-electron chi connectivity index (χ2n) is 7.61. The third-order valence-electron chi connectivity index (χ3n) is 4.93. The molecular formula is C21H18F4N6O3S. The van der Waals surface area contributed by atoms with Gasteiger partial charge in [-0.2, -0.15) is 0 Å². The number of aromatic nitrogens is 3. The number of imidazole rings is 1. The lowest BCUT2D eigenvalue weighted by atomic mass is 10.1. The minimum absolute atomic E-state index is 0.269. The first-order valence-corrected chi connectivity index (χ1v) is 10.8. The Balaban J connectivity index is 1.58. The summed E-state index contributed by atoms with van der Waals surface area (Å²) in [5.41, 5.74) is 0.865. The molecule has 4 aromatic rings. The lowest BCUT2D eigenvalue weighted by Crippen LogP contribution is -2.36. The SMILES string of the molecule is CN(C)C(=O)CNC(=O)c1cc2nc(Nc3nc4ccc(OC(F)(F)F)cc4s3)n(C)c2cc1F. The van der Waals surface area contributed by atoms with Crippen molar-refractivity contribution < 1.29 is 31.9 Å². The maximum absolute atomic E-state index is 14.6. The van der Waals surface area contributed by atoms with Gasteiger partial charge in [-0.3, -0.25) is 9.59 Å². The van der Waals surface area contributed by atoms with Crippen LogP contribution in [0.4, 0.5) is 28.6 Å². The molecule has 2 aromatic heterocycles. The summed E-state index contributed by atoms with van der Waals surface area (Å²) in [6.45, 7) is -0.286. The summed E-state index contributed by atoms with van der Waals surface area (Å²) in [7, 11) is 4.68. The van der Waals surface area contributed by atoms with Crippen LogP contribution in [0.15, 0.2) is 30.3 Å². The van der Waals surface area contributed by atoms with Crippen molar-refractivity contribution in [3.63, 3.8) is 0 Å². The largest absolute Gasteiger partial charge is 0.573 e. The number of nitrogens with one attached hydrogen (secondary N) is 2. The molecule has 0 saturated heterocycles. The third-order valence-corrected chi connectivity index (χ3v) is 5.86. The number of thiazole rings is 1. The van der Waals surface area contributed by atoms with E-state index in [0.717, 1.165) is 23.5 Å². The summed E-state index contributed by atoms with van der Waals surface area (Å²) in [6, 6.07) is 6.20. The highest BCUT2D eigenvalue weighted by atomic mass is 32.1. The molecule has 14 heteroatoms. The summed E-state index contributed by atoms with van der Waals surface area (Å²) >= 11 is 1.08. The molecule has 184 valence electrons. The van der Waals surface area contributed by atoms with E-state index in [1.807, 2.05) is 0 Å². The number of rotatable bonds is 6. The Morgan fingerprint density at radius 1 is 1.14 bits per heavy atom. The summed E-state index contributed by atoms with van der Waals surface area (Å²) in [5, 5.41) is 5.67. The molecule has 2 N–H and O–H groups in total. The highest BCUT2D eigenvalue weighted by Crippen LogP contribution is 2.33. The minimum atomic E-state index is -4.81. The topological polar surface area (TPSA) is 101 Å². The average Bonchev–Trinajstić information content (AvgIpc) is 3.30. The normalized spacial score (nSPS) is 11.6. The van der Waals surface area contributed by atoms with Crippen LogP contribution in [0.25, 0.3) is 21.3 Å². The average molecular weight is 510 g/mol. The van der Waals surface area contributed by atoms with Gasteiger partial charge in [0.2, 0.25) is 11.9 Å². The monoisotopic (exact) mass is 510 g/mol. The molecule has 0 aliphatic rings. The Bertz CT molecular complexity index is 1450. The number of hydrogen-bond donors (Lipinski definition) is 2. The van der Waals surface area contributed by atoms with Crippen molar-refractivity contribution in [1.82, 2.24) is 24.8 Å². The summed E-state index contributed by atoms with van der Waals surface area (Å²) in [5.74, 6) is -2.00. The van der Waals surface area contributed by atoms with Crippen LogP contribution >= 0.6 is 11.3 Å². The smallest absolute Gasteiger partial charge is 0.406 e.